The zero-order chi connectivity index (χ0) is 19.7. The van der Waals surface area contributed by atoms with Gasteiger partial charge < -0.3 is 13.9 Å². The van der Waals surface area contributed by atoms with Crippen LogP contribution >= 0.6 is 0 Å². The van der Waals surface area contributed by atoms with Gasteiger partial charge in [-0.3, -0.25) is 15.2 Å². The molecule has 1 aliphatic heterocycles. The fraction of sp³-hybridized carbons (Fsp3) is 0.368. The van der Waals surface area contributed by atoms with E-state index in [1.165, 1.54) is 0 Å². The lowest BCUT2D eigenvalue weighted by atomic mass is 10.1. The van der Waals surface area contributed by atoms with E-state index in [-0.39, 0.29) is 24.3 Å². The van der Waals surface area contributed by atoms with Gasteiger partial charge in [0.25, 0.3) is 5.91 Å². The van der Waals surface area contributed by atoms with Crippen LogP contribution < -0.4 is 15.7 Å². The molecule has 2 aromatic heterocycles. The van der Waals surface area contributed by atoms with Gasteiger partial charge in [0, 0.05) is 23.6 Å². The number of benzene rings is 1. The lowest BCUT2D eigenvalue weighted by molar-refractivity contribution is -0.118. The molecule has 9 nitrogen and oxygen atoms in total. The summed E-state index contributed by atoms with van der Waals surface area (Å²) in [5, 5.41) is 10.2. The van der Waals surface area contributed by atoms with E-state index in [1.807, 2.05) is 6.92 Å². The molecule has 0 unspecified atom stereocenters. The molecule has 3 aromatic rings. The minimum atomic E-state index is -0.403. The molecular weight excluding hydrogens is 364 g/mol. The van der Waals surface area contributed by atoms with Gasteiger partial charge in [0.15, 0.2) is 12.4 Å². The molecule has 0 radical (unpaired) electrons. The van der Waals surface area contributed by atoms with Crippen LogP contribution in [0.4, 0.5) is 5.95 Å². The SMILES string of the molecule is Cc1c(C)c2ccc(OCC(=O)Nc3n[nH]c([C@H]4CCCO4)n3)cc2oc1=O. The summed E-state index contributed by atoms with van der Waals surface area (Å²) in [6, 6.07) is 5.13. The zero-order valence-electron chi connectivity index (χ0n) is 15.6. The normalized spacial score (nSPS) is 16.4. The first kappa shape index (κ1) is 18.2. The number of aryl methyl sites for hydroxylation is 1. The third kappa shape index (κ3) is 3.61. The van der Waals surface area contributed by atoms with Crippen molar-refractivity contribution >= 4 is 22.8 Å². The highest BCUT2D eigenvalue weighted by molar-refractivity contribution is 5.90. The van der Waals surface area contributed by atoms with Crippen LogP contribution in [-0.4, -0.2) is 34.3 Å². The molecule has 3 heterocycles. The second-order valence-corrected chi connectivity index (χ2v) is 6.68. The third-order valence-electron chi connectivity index (χ3n) is 4.79. The molecule has 0 bridgehead atoms. The van der Waals surface area contributed by atoms with Crippen molar-refractivity contribution in [1.29, 1.82) is 0 Å². The second-order valence-electron chi connectivity index (χ2n) is 6.68. The van der Waals surface area contributed by atoms with Crippen molar-refractivity contribution in [3.63, 3.8) is 0 Å². The standard InChI is InChI=1S/C19H20N4O5/c1-10-11(2)18(25)28-15-8-12(5-6-13(10)15)27-9-16(24)20-19-21-17(22-23-19)14-4-3-7-26-14/h5-6,8,14H,3-4,7,9H2,1-2H3,(H2,20,21,22,23,24)/t14-/m1/s1. The fourth-order valence-electron chi connectivity index (χ4n) is 3.10. The predicted octanol–water partition coefficient (Wildman–Crippen LogP) is 2.40. The van der Waals surface area contributed by atoms with E-state index >= 15 is 0 Å². The number of nitrogens with one attached hydrogen (secondary N) is 2. The Balaban J connectivity index is 1.39. The number of hydrogen-bond acceptors (Lipinski definition) is 7. The van der Waals surface area contributed by atoms with Crippen molar-refractivity contribution in [2.45, 2.75) is 32.8 Å². The Kier molecular flexibility index (Phi) is 4.82. The molecule has 1 aliphatic rings. The smallest absolute Gasteiger partial charge is 0.339 e. The van der Waals surface area contributed by atoms with Crippen molar-refractivity contribution < 1.29 is 18.7 Å². The van der Waals surface area contributed by atoms with Gasteiger partial charge in [-0.25, -0.2) is 4.79 Å². The quantitative estimate of drug-likeness (QED) is 0.648. The Morgan fingerprint density at radius 1 is 1.36 bits per heavy atom. The summed E-state index contributed by atoms with van der Waals surface area (Å²) in [4.78, 5) is 28.2. The molecule has 0 saturated carbocycles. The number of rotatable bonds is 5. The molecule has 9 heteroatoms. The van der Waals surface area contributed by atoms with Gasteiger partial charge in [0.1, 0.15) is 17.4 Å². The predicted molar refractivity (Wildman–Crippen MR) is 100 cm³/mol. The Morgan fingerprint density at radius 3 is 3.00 bits per heavy atom. The van der Waals surface area contributed by atoms with Gasteiger partial charge in [0.05, 0.1) is 0 Å². The van der Waals surface area contributed by atoms with Gasteiger partial charge in [-0.15, -0.1) is 5.10 Å². The number of hydrogen-bond donors (Lipinski definition) is 2. The third-order valence-corrected chi connectivity index (χ3v) is 4.79. The number of anilines is 1. The van der Waals surface area contributed by atoms with E-state index < -0.39 is 5.91 Å². The van der Waals surface area contributed by atoms with Crippen LogP contribution in [0.5, 0.6) is 5.75 Å². The summed E-state index contributed by atoms with van der Waals surface area (Å²) in [5.74, 6) is 0.794. The molecule has 2 N–H and O–H groups in total. The lowest BCUT2D eigenvalue weighted by Gasteiger charge is -2.08. The van der Waals surface area contributed by atoms with E-state index in [2.05, 4.69) is 20.5 Å². The molecule has 1 fully saturated rings. The highest BCUT2D eigenvalue weighted by Crippen LogP contribution is 2.26. The number of aromatic amines is 1. The molecular formula is C19H20N4O5. The average Bonchev–Trinajstić information content (AvgIpc) is 3.36. The summed E-state index contributed by atoms with van der Waals surface area (Å²) in [6.07, 6.45) is 1.75. The average molecular weight is 384 g/mol. The highest BCUT2D eigenvalue weighted by atomic mass is 16.5. The first-order valence-corrected chi connectivity index (χ1v) is 9.02. The van der Waals surface area contributed by atoms with Crippen molar-refractivity contribution in [1.82, 2.24) is 15.2 Å². The molecule has 1 atom stereocenters. The Hall–Kier alpha value is -3.20. The summed E-state index contributed by atoms with van der Waals surface area (Å²) in [7, 11) is 0. The number of nitrogens with zero attached hydrogens (tertiary/aromatic N) is 2. The van der Waals surface area contributed by atoms with Gasteiger partial charge >= 0.3 is 5.63 Å². The van der Waals surface area contributed by atoms with Crippen molar-refractivity contribution in [3.05, 3.63) is 45.6 Å². The van der Waals surface area contributed by atoms with Crippen LogP contribution in [0.2, 0.25) is 0 Å². The van der Waals surface area contributed by atoms with Crippen molar-refractivity contribution in [2.24, 2.45) is 0 Å². The van der Waals surface area contributed by atoms with E-state index in [4.69, 9.17) is 13.9 Å². The van der Waals surface area contributed by atoms with Crippen molar-refractivity contribution in [2.75, 3.05) is 18.5 Å². The molecule has 1 aromatic carbocycles. The van der Waals surface area contributed by atoms with E-state index in [1.54, 1.807) is 25.1 Å². The Bertz CT molecular complexity index is 1080. The molecule has 0 spiro atoms. The maximum absolute atomic E-state index is 12.1. The maximum atomic E-state index is 12.1. The van der Waals surface area contributed by atoms with Crippen LogP contribution in [0.1, 0.15) is 35.9 Å². The minimum absolute atomic E-state index is 0.103. The van der Waals surface area contributed by atoms with Crippen LogP contribution in [0.25, 0.3) is 11.0 Å². The highest BCUT2D eigenvalue weighted by Gasteiger charge is 2.21. The topological polar surface area (TPSA) is 119 Å². The molecule has 1 amide bonds. The molecule has 0 aliphatic carbocycles. The molecule has 4 rings (SSSR count). The monoisotopic (exact) mass is 384 g/mol. The van der Waals surface area contributed by atoms with Crippen LogP contribution in [-0.2, 0) is 9.53 Å². The number of amides is 1. The van der Waals surface area contributed by atoms with E-state index in [0.29, 0.717) is 29.3 Å². The van der Waals surface area contributed by atoms with Crippen LogP contribution in [0, 0.1) is 13.8 Å². The van der Waals surface area contributed by atoms with Gasteiger partial charge in [-0.05, 0) is 44.4 Å². The number of carbonyl (C=O) groups excluding carboxylic acids is 1. The Morgan fingerprint density at radius 2 is 2.21 bits per heavy atom. The maximum Gasteiger partial charge on any atom is 0.339 e. The Labute approximate surface area is 160 Å². The van der Waals surface area contributed by atoms with E-state index in [9.17, 15) is 9.59 Å². The summed E-state index contributed by atoms with van der Waals surface area (Å²) in [6.45, 7) is 4.06. The molecule has 1 saturated heterocycles. The van der Waals surface area contributed by atoms with Gasteiger partial charge in [-0.1, -0.05) is 0 Å². The minimum Gasteiger partial charge on any atom is -0.484 e. The van der Waals surface area contributed by atoms with E-state index in [0.717, 1.165) is 23.8 Å². The zero-order valence-corrected chi connectivity index (χ0v) is 15.6. The summed E-state index contributed by atoms with van der Waals surface area (Å²) < 4.78 is 16.3. The fourth-order valence-corrected chi connectivity index (χ4v) is 3.10. The van der Waals surface area contributed by atoms with Crippen LogP contribution in [0.3, 0.4) is 0 Å². The number of H-pyrrole nitrogens is 1. The largest absolute Gasteiger partial charge is 0.484 e. The van der Waals surface area contributed by atoms with Crippen molar-refractivity contribution in [3.8, 4) is 5.75 Å². The summed E-state index contributed by atoms with van der Waals surface area (Å²) in [5.41, 5.74) is 1.48. The second kappa shape index (κ2) is 7.43. The van der Waals surface area contributed by atoms with Gasteiger partial charge in [-0.2, -0.15) is 4.98 Å². The number of carbonyl (C=O) groups is 1. The lowest BCUT2D eigenvalue weighted by Crippen LogP contribution is -2.21. The molecule has 28 heavy (non-hydrogen) atoms. The molecule has 146 valence electrons. The number of aromatic nitrogens is 3. The first-order chi connectivity index (χ1) is 13.5. The van der Waals surface area contributed by atoms with Gasteiger partial charge in [0.2, 0.25) is 5.95 Å². The summed E-state index contributed by atoms with van der Waals surface area (Å²) >= 11 is 0. The first-order valence-electron chi connectivity index (χ1n) is 9.02. The van der Waals surface area contributed by atoms with Crippen LogP contribution in [0.15, 0.2) is 27.4 Å². The number of fused-ring (bicyclic) bond motifs is 1. The number of ether oxygens (including phenoxy) is 2.